The molecule has 0 aliphatic rings. The molecule has 0 aromatic rings. The number of nitrogens with zero attached hydrogens (tertiary/aromatic N) is 1. The van der Waals surface area contributed by atoms with Gasteiger partial charge in [0, 0.05) is 12.3 Å². The van der Waals surface area contributed by atoms with Gasteiger partial charge < -0.3 is 5.73 Å². The number of alkyl halides is 1. The predicted molar refractivity (Wildman–Crippen MR) is 54.3 cm³/mol. The molecule has 0 radical (unpaired) electrons. The van der Waals surface area contributed by atoms with E-state index in [-0.39, 0.29) is 5.25 Å². The number of rotatable bonds is 4. The number of hydrogen-bond acceptors (Lipinski definition) is 2. The van der Waals surface area contributed by atoms with E-state index in [4.69, 9.17) is 5.73 Å². The largest absolute Gasteiger partial charge is 0.379 e. The van der Waals surface area contributed by atoms with Gasteiger partial charge in [0.05, 0.1) is 0 Å². The van der Waals surface area contributed by atoms with Crippen molar-refractivity contribution in [2.45, 2.75) is 24.8 Å². The second kappa shape index (κ2) is 6.06. The van der Waals surface area contributed by atoms with Gasteiger partial charge in [0.15, 0.2) is 5.17 Å². The Balaban J connectivity index is 4.03. The van der Waals surface area contributed by atoms with Crippen LogP contribution in [-0.4, -0.2) is 23.6 Å². The first-order valence-corrected chi connectivity index (χ1v) is 4.63. The first-order valence-electron chi connectivity index (χ1n) is 3.75. The van der Waals surface area contributed by atoms with Crippen LogP contribution in [0.2, 0.25) is 0 Å². The fraction of sp³-hybridized carbons (Fsp3) is 0.625. The minimum atomic E-state index is -0.895. The van der Waals surface area contributed by atoms with Crippen molar-refractivity contribution in [2.75, 3.05) is 7.05 Å². The van der Waals surface area contributed by atoms with E-state index in [1.165, 1.54) is 18.7 Å². The molecule has 1 unspecified atom stereocenters. The molecule has 70 valence electrons. The minimum absolute atomic E-state index is 0.161. The zero-order chi connectivity index (χ0) is 9.56. The van der Waals surface area contributed by atoms with Gasteiger partial charge in [-0.1, -0.05) is 17.8 Å². The van der Waals surface area contributed by atoms with E-state index in [0.717, 1.165) is 0 Å². The molecule has 2 N–H and O–H groups in total. The molecular formula is C8H15FN2S. The van der Waals surface area contributed by atoms with E-state index in [0.29, 0.717) is 11.6 Å². The molecule has 0 aliphatic heterocycles. The van der Waals surface area contributed by atoms with E-state index >= 15 is 0 Å². The van der Waals surface area contributed by atoms with Crippen LogP contribution in [0.5, 0.6) is 0 Å². The van der Waals surface area contributed by atoms with Crippen LogP contribution in [0.1, 0.15) is 13.3 Å². The van der Waals surface area contributed by atoms with Crippen molar-refractivity contribution in [1.82, 2.24) is 0 Å². The Morgan fingerprint density at radius 2 is 2.42 bits per heavy atom. The molecule has 0 aliphatic carbocycles. The Morgan fingerprint density at radius 3 is 2.75 bits per heavy atom. The smallest absolute Gasteiger partial charge is 0.154 e. The average molecular weight is 190 g/mol. The summed E-state index contributed by atoms with van der Waals surface area (Å²) in [7, 11) is 1.59. The molecule has 0 amide bonds. The van der Waals surface area contributed by atoms with Gasteiger partial charge in [0.1, 0.15) is 6.17 Å². The summed E-state index contributed by atoms with van der Waals surface area (Å²) in [5, 5.41) is 0.262. The first kappa shape index (κ1) is 11.5. The van der Waals surface area contributed by atoms with Gasteiger partial charge >= 0.3 is 0 Å². The van der Waals surface area contributed by atoms with Crippen LogP contribution in [0.4, 0.5) is 4.39 Å². The Labute approximate surface area is 77.1 Å². The minimum Gasteiger partial charge on any atom is -0.379 e. The Morgan fingerprint density at radius 1 is 1.83 bits per heavy atom. The van der Waals surface area contributed by atoms with Gasteiger partial charge in [-0.05, 0) is 13.3 Å². The SMILES string of the molecule is C=CCC(SC(N)=NC)[C@H](C)F. The highest BCUT2D eigenvalue weighted by molar-refractivity contribution is 8.14. The quantitative estimate of drug-likeness (QED) is 0.418. The third-order valence-electron chi connectivity index (χ3n) is 1.40. The molecule has 0 bridgehead atoms. The molecular weight excluding hydrogens is 175 g/mol. The summed E-state index contributed by atoms with van der Waals surface area (Å²) < 4.78 is 12.9. The maximum absolute atomic E-state index is 12.9. The van der Waals surface area contributed by atoms with Gasteiger partial charge in [-0.3, -0.25) is 4.99 Å². The number of halogens is 1. The maximum Gasteiger partial charge on any atom is 0.154 e. The molecule has 0 spiro atoms. The van der Waals surface area contributed by atoms with Gasteiger partial charge in [0.2, 0.25) is 0 Å². The zero-order valence-corrected chi connectivity index (χ0v) is 8.27. The second-order valence-electron chi connectivity index (χ2n) is 2.42. The fourth-order valence-electron chi connectivity index (χ4n) is 0.701. The summed E-state index contributed by atoms with van der Waals surface area (Å²) in [6.45, 7) is 5.07. The Hall–Kier alpha value is -0.510. The Bertz CT molecular complexity index is 168. The number of aliphatic imine (C=N–C) groups is 1. The summed E-state index contributed by atoms with van der Waals surface area (Å²) >= 11 is 1.26. The monoisotopic (exact) mass is 190 g/mol. The van der Waals surface area contributed by atoms with Gasteiger partial charge in [0.25, 0.3) is 0 Å². The standard InChI is InChI=1S/C8H15FN2S/c1-4-5-7(6(2)9)12-8(10)11-3/h4,6-7H,1,5H2,2-3H3,(H2,10,11)/t6-,7?/m0/s1. The molecule has 0 saturated carbocycles. The highest BCUT2D eigenvalue weighted by Crippen LogP contribution is 2.20. The normalized spacial score (nSPS) is 17.1. The molecule has 0 heterocycles. The molecule has 0 aromatic carbocycles. The Kier molecular flexibility index (Phi) is 5.80. The van der Waals surface area contributed by atoms with Crippen molar-refractivity contribution < 1.29 is 4.39 Å². The summed E-state index contributed by atoms with van der Waals surface area (Å²) in [4.78, 5) is 3.75. The van der Waals surface area contributed by atoms with Crippen LogP contribution < -0.4 is 5.73 Å². The lowest BCUT2D eigenvalue weighted by atomic mass is 10.2. The molecule has 0 saturated heterocycles. The van der Waals surface area contributed by atoms with Gasteiger partial charge in [-0.15, -0.1) is 6.58 Å². The molecule has 0 fully saturated rings. The lowest BCUT2D eigenvalue weighted by Gasteiger charge is -2.14. The van der Waals surface area contributed by atoms with Crippen LogP contribution in [0.15, 0.2) is 17.6 Å². The summed E-state index contributed by atoms with van der Waals surface area (Å²) in [6.07, 6.45) is 1.41. The first-order chi connectivity index (χ1) is 5.61. The van der Waals surface area contributed by atoms with Crippen LogP contribution in [0.25, 0.3) is 0 Å². The topological polar surface area (TPSA) is 38.4 Å². The van der Waals surface area contributed by atoms with Crippen molar-refractivity contribution >= 4 is 16.9 Å². The molecule has 0 rings (SSSR count). The fourth-order valence-corrected chi connectivity index (χ4v) is 1.54. The highest BCUT2D eigenvalue weighted by atomic mass is 32.2. The molecule has 2 nitrogen and oxygen atoms in total. The number of allylic oxidation sites excluding steroid dienone is 1. The van der Waals surface area contributed by atoms with Crippen molar-refractivity contribution in [3.05, 3.63) is 12.7 Å². The third kappa shape index (κ3) is 4.38. The summed E-state index contributed by atoms with van der Waals surface area (Å²) in [5.74, 6) is 0. The van der Waals surface area contributed by atoms with Crippen LogP contribution in [-0.2, 0) is 0 Å². The molecule has 4 heteroatoms. The zero-order valence-electron chi connectivity index (χ0n) is 7.46. The molecule has 2 atom stereocenters. The lowest BCUT2D eigenvalue weighted by molar-refractivity contribution is 0.352. The second-order valence-corrected chi connectivity index (χ2v) is 3.68. The number of nitrogens with two attached hydrogens (primary N) is 1. The predicted octanol–water partition coefficient (Wildman–Crippen LogP) is 1.97. The third-order valence-corrected chi connectivity index (χ3v) is 2.70. The van der Waals surface area contributed by atoms with E-state index in [2.05, 4.69) is 11.6 Å². The number of thioether (sulfide) groups is 1. The lowest BCUT2D eigenvalue weighted by Crippen LogP contribution is -2.20. The molecule has 0 aromatic heterocycles. The van der Waals surface area contributed by atoms with Crippen LogP contribution >= 0.6 is 11.8 Å². The van der Waals surface area contributed by atoms with Crippen LogP contribution in [0.3, 0.4) is 0 Å². The van der Waals surface area contributed by atoms with Crippen molar-refractivity contribution in [3.8, 4) is 0 Å². The van der Waals surface area contributed by atoms with Crippen molar-refractivity contribution in [3.63, 3.8) is 0 Å². The van der Waals surface area contributed by atoms with Gasteiger partial charge in [-0.2, -0.15) is 0 Å². The number of amidine groups is 1. The van der Waals surface area contributed by atoms with Crippen molar-refractivity contribution in [2.24, 2.45) is 10.7 Å². The molecule has 12 heavy (non-hydrogen) atoms. The van der Waals surface area contributed by atoms with E-state index in [1.54, 1.807) is 13.1 Å². The van der Waals surface area contributed by atoms with E-state index < -0.39 is 6.17 Å². The van der Waals surface area contributed by atoms with Gasteiger partial charge in [-0.25, -0.2) is 4.39 Å². The van der Waals surface area contributed by atoms with E-state index in [1.807, 2.05) is 0 Å². The summed E-state index contributed by atoms with van der Waals surface area (Å²) in [5.41, 5.74) is 5.45. The summed E-state index contributed by atoms with van der Waals surface area (Å²) in [6, 6.07) is 0. The average Bonchev–Trinajstić information content (AvgIpc) is 2.03. The van der Waals surface area contributed by atoms with Crippen molar-refractivity contribution in [1.29, 1.82) is 0 Å². The highest BCUT2D eigenvalue weighted by Gasteiger charge is 2.16. The van der Waals surface area contributed by atoms with E-state index in [9.17, 15) is 4.39 Å². The van der Waals surface area contributed by atoms with Crippen LogP contribution in [0, 0.1) is 0 Å². The maximum atomic E-state index is 12.9. The number of hydrogen-bond donors (Lipinski definition) is 1.